The maximum atomic E-state index is 13.4. The molecular weight excluding hydrogens is 396 g/mol. The van der Waals surface area contributed by atoms with E-state index in [1.807, 2.05) is 49.4 Å². The number of hydrogen-bond acceptors (Lipinski definition) is 5. The van der Waals surface area contributed by atoms with Crippen molar-refractivity contribution in [3.05, 3.63) is 48.0 Å². The lowest BCUT2D eigenvalue weighted by atomic mass is 9.69. The van der Waals surface area contributed by atoms with Crippen molar-refractivity contribution in [3.8, 4) is 0 Å². The molecule has 0 bridgehead atoms. The number of carbonyl (C=O) groups excluding carboxylic acids is 3. The number of amides is 2. The Kier molecular flexibility index (Phi) is 7.85. The Hall–Kier alpha value is -2.67. The Morgan fingerprint density at radius 3 is 2.55 bits per heavy atom. The van der Waals surface area contributed by atoms with Crippen LogP contribution in [0, 0.1) is 23.7 Å². The molecule has 3 rings (SSSR count). The van der Waals surface area contributed by atoms with Gasteiger partial charge in [-0.2, -0.15) is 0 Å². The lowest BCUT2D eigenvalue weighted by molar-refractivity contribution is -0.155. The predicted molar refractivity (Wildman–Crippen MR) is 116 cm³/mol. The topological polar surface area (TPSA) is 95.9 Å². The van der Waals surface area contributed by atoms with Crippen molar-refractivity contribution in [2.24, 2.45) is 23.7 Å². The molecule has 1 aliphatic heterocycles. The summed E-state index contributed by atoms with van der Waals surface area (Å²) in [5, 5.41) is 12.5. The number of nitrogens with one attached hydrogen (secondary N) is 1. The first-order valence-corrected chi connectivity index (χ1v) is 11.1. The van der Waals surface area contributed by atoms with E-state index in [1.54, 1.807) is 6.92 Å². The van der Waals surface area contributed by atoms with Crippen LogP contribution in [0.1, 0.15) is 32.3 Å². The third-order valence-electron chi connectivity index (χ3n) is 6.21. The summed E-state index contributed by atoms with van der Waals surface area (Å²) in [6.07, 6.45) is 5.53. The zero-order valence-electron chi connectivity index (χ0n) is 18.2. The van der Waals surface area contributed by atoms with E-state index < -0.39 is 23.8 Å². The maximum absolute atomic E-state index is 13.4. The Labute approximate surface area is 183 Å². The molecule has 1 heterocycles. The molecule has 0 saturated carbocycles. The molecule has 0 aromatic heterocycles. The minimum absolute atomic E-state index is 0.0527. The molecule has 1 aromatic carbocycles. The number of likely N-dealkylation sites (tertiary alicyclic amines) is 1. The van der Waals surface area contributed by atoms with Gasteiger partial charge in [0.25, 0.3) is 0 Å². The second-order valence-corrected chi connectivity index (χ2v) is 8.12. The van der Waals surface area contributed by atoms with Crippen LogP contribution in [0.2, 0.25) is 0 Å². The second-order valence-electron chi connectivity index (χ2n) is 8.12. The van der Waals surface area contributed by atoms with E-state index in [2.05, 4.69) is 5.32 Å². The highest BCUT2D eigenvalue weighted by atomic mass is 16.5. The highest BCUT2D eigenvalue weighted by Crippen LogP contribution is 2.45. The van der Waals surface area contributed by atoms with Crippen LogP contribution < -0.4 is 5.32 Å². The summed E-state index contributed by atoms with van der Waals surface area (Å²) in [4.78, 5) is 40.8. The van der Waals surface area contributed by atoms with Crippen LogP contribution in [0.5, 0.6) is 0 Å². The average Bonchev–Trinajstić information content (AvgIpc) is 3.05. The summed E-state index contributed by atoms with van der Waals surface area (Å²) in [5.74, 6) is -2.73. The fourth-order valence-electron chi connectivity index (χ4n) is 4.90. The Balaban J connectivity index is 1.88. The standard InChI is InChI=1S/C24H32N2O5/c1-3-8-17-11-12-18-20(19(17)24(30)31-4-2)23(29)26(13-14-27)21(18)22(28)25-15-16-9-6-5-7-10-16/h5-7,9-12,17-21,27H,3-4,8,13-15H2,1-2H3,(H,25,28)/t17-,18+,19-,20+,21+/m1/s1. The molecular formula is C24H32N2O5. The van der Waals surface area contributed by atoms with Gasteiger partial charge in [-0.25, -0.2) is 0 Å². The molecule has 1 aliphatic carbocycles. The number of aliphatic hydroxyl groups is 1. The first-order valence-electron chi connectivity index (χ1n) is 11.1. The highest BCUT2D eigenvalue weighted by molar-refractivity contribution is 5.96. The number of carbonyl (C=O) groups is 3. The van der Waals surface area contributed by atoms with Crippen molar-refractivity contribution < 1.29 is 24.2 Å². The van der Waals surface area contributed by atoms with E-state index in [0.29, 0.717) is 6.54 Å². The number of aliphatic hydroxyl groups excluding tert-OH is 1. The van der Waals surface area contributed by atoms with Gasteiger partial charge >= 0.3 is 5.97 Å². The number of nitrogens with zero attached hydrogens (tertiary/aromatic N) is 1. The van der Waals surface area contributed by atoms with Gasteiger partial charge in [-0.15, -0.1) is 0 Å². The predicted octanol–water partition coefficient (Wildman–Crippen LogP) is 1.90. The van der Waals surface area contributed by atoms with Crippen molar-refractivity contribution in [2.75, 3.05) is 19.8 Å². The van der Waals surface area contributed by atoms with Gasteiger partial charge in [0.1, 0.15) is 6.04 Å². The van der Waals surface area contributed by atoms with Gasteiger partial charge in [-0.05, 0) is 24.8 Å². The fraction of sp³-hybridized carbons (Fsp3) is 0.542. The average molecular weight is 429 g/mol. The third kappa shape index (κ3) is 4.82. The van der Waals surface area contributed by atoms with Crippen molar-refractivity contribution in [3.63, 3.8) is 0 Å². The van der Waals surface area contributed by atoms with Gasteiger partial charge in [0.05, 0.1) is 25.0 Å². The van der Waals surface area contributed by atoms with Gasteiger partial charge < -0.3 is 20.1 Å². The molecule has 31 heavy (non-hydrogen) atoms. The molecule has 1 fully saturated rings. The van der Waals surface area contributed by atoms with Crippen LogP contribution in [0.15, 0.2) is 42.5 Å². The summed E-state index contributed by atoms with van der Waals surface area (Å²) < 4.78 is 5.32. The summed E-state index contributed by atoms with van der Waals surface area (Å²) in [5.41, 5.74) is 0.956. The van der Waals surface area contributed by atoms with Crippen LogP contribution in [-0.2, 0) is 25.7 Å². The summed E-state index contributed by atoms with van der Waals surface area (Å²) in [7, 11) is 0. The van der Waals surface area contributed by atoms with Gasteiger partial charge in [-0.3, -0.25) is 14.4 Å². The molecule has 5 atom stereocenters. The molecule has 2 amide bonds. The van der Waals surface area contributed by atoms with Crippen molar-refractivity contribution >= 4 is 17.8 Å². The van der Waals surface area contributed by atoms with Crippen LogP contribution in [0.3, 0.4) is 0 Å². The first-order chi connectivity index (χ1) is 15.0. The van der Waals surface area contributed by atoms with Crippen LogP contribution in [0.25, 0.3) is 0 Å². The monoisotopic (exact) mass is 428 g/mol. The molecule has 0 unspecified atom stereocenters. The van der Waals surface area contributed by atoms with E-state index in [9.17, 15) is 19.5 Å². The summed E-state index contributed by atoms with van der Waals surface area (Å²) >= 11 is 0. The van der Waals surface area contributed by atoms with Crippen LogP contribution >= 0.6 is 0 Å². The molecule has 0 spiro atoms. The lowest BCUT2D eigenvalue weighted by Crippen LogP contribution is -2.47. The van der Waals surface area contributed by atoms with Crippen LogP contribution in [-0.4, -0.2) is 53.6 Å². The number of β-amino-alcohol motifs (C(OH)–C–C–N with tert-alkyl or cyclic N) is 1. The normalized spacial score (nSPS) is 27.1. The molecule has 1 saturated heterocycles. The Morgan fingerprint density at radius 1 is 1.16 bits per heavy atom. The van der Waals surface area contributed by atoms with E-state index in [-0.39, 0.29) is 43.5 Å². The summed E-state index contributed by atoms with van der Waals surface area (Å²) in [6, 6.07) is 8.78. The number of allylic oxidation sites excluding steroid dienone is 1. The number of fused-ring (bicyclic) bond motifs is 1. The molecule has 0 radical (unpaired) electrons. The van der Waals surface area contributed by atoms with Crippen molar-refractivity contribution in [1.82, 2.24) is 10.2 Å². The zero-order chi connectivity index (χ0) is 22.4. The van der Waals surface area contributed by atoms with Crippen molar-refractivity contribution in [2.45, 2.75) is 39.3 Å². The molecule has 1 aromatic rings. The minimum Gasteiger partial charge on any atom is -0.466 e. The Bertz CT molecular complexity index is 809. The largest absolute Gasteiger partial charge is 0.466 e. The molecule has 2 aliphatic rings. The molecule has 2 N–H and O–H groups in total. The fourth-order valence-corrected chi connectivity index (χ4v) is 4.90. The van der Waals surface area contributed by atoms with Gasteiger partial charge in [0.15, 0.2) is 0 Å². The van der Waals surface area contributed by atoms with Gasteiger partial charge in [0.2, 0.25) is 11.8 Å². The quantitative estimate of drug-likeness (QED) is 0.463. The van der Waals surface area contributed by atoms with E-state index in [1.165, 1.54) is 4.90 Å². The number of esters is 1. The molecule has 7 heteroatoms. The third-order valence-corrected chi connectivity index (χ3v) is 6.21. The molecule has 168 valence electrons. The SMILES string of the molecule is CCC[C@@H]1C=C[C@H]2[C@H](C(=O)N(CCO)[C@@H]2C(=O)NCc2ccccc2)[C@@H]1C(=O)OCC. The zero-order valence-corrected chi connectivity index (χ0v) is 18.2. The number of hydrogen-bond donors (Lipinski definition) is 2. The van der Waals surface area contributed by atoms with E-state index in [0.717, 1.165) is 18.4 Å². The first kappa shape index (κ1) is 23.0. The summed E-state index contributed by atoms with van der Waals surface area (Å²) in [6.45, 7) is 4.17. The smallest absolute Gasteiger partial charge is 0.310 e. The Morgan fingerprint density at radius 2 is 1.90 bits per heavy atom. The number of ether oxygens (including phenoxy) is 1. The van der Waals surface area contributed by atoms with E-state index in [4.69, 9.17) is 4.74 Å². The van der Waals surface area contributed by atoms with Crippen LogP contribution in [0.4, 0.5) is 0 Å². The maximum Gasteiger partial charge on any atom is 0.310 e. The number of benzene rings is 1. The van der Waals surface area contributed by atoms with Gasteiger partial charge in [-0.1, -0.05) is 55.8 Å². The minimum atomic E-state index is -0.760. The second kappa shape index (κ2) is 10.6. The molecule has 7 nitrogen and oxygen atoms in total. The van der Waals surface area contributed by atoms with Crippen molar-refractivity contribution in [1.29, 1.82) is 0 Å². The number of rotatable bonds is 9. The highest BCUT2D eigenvalue weighted by Gasteiger charge is 2.57. The van der Waals surface area contributed by atoms with E-state index >= 15 is 0 Å². The van der Waals surface area contributed by atoms with Gasteiger partial charge in [0, 0.05) is 19.0 Å². The lowest BCUT2D eigenvalue weighted by Gasteiger charge is -2.33.